The number of carbonyl (C=O) groups is 2. The van der Waals surface area contributed by atoms with Crippen LogP contribution in [0.5, 0.6) is 0 Å². The molecular weight excluding hydrogens is 482 g/mol. The van der Waals surface area contributed by atoms with Gasteiger partial charge in [0.25, 0.3) is 0 Å². The van der Waals surface area contributed by atoms with Gasteiger partial charge in [0.2, 0.25) is 11.8 Å². The summed E-state index contributed by atoms with van der Waals surface area (Å²) in [6, 6.07) is 10.9. The van der Waals surface area contributed by atoms with E-state index in [0.29, 0.717) is 37.4 Å². The van der Waals surface area contributed by atoms with Crippen molar-refractivity contribution in [1.29, 1.82) is 5.26 Å². The zero-order valence-electron chi connectivity index (χ0n) is 21.3. The van der Waals surface area contributed by atoms with Crippen molar-refractivity contribution >= 4 is 39.1 Å². The van der Waals surface area contributed by atoms with Crippen LogP contribution in [-0.4, -0.2) is 46.4 Å². The Bertz CT molecular complexity index is 1440. The van der Waals surface area contributed by atoms with Gasteiger partial charge in [-0.2, -0.15) is 5.26 Å². The van der Waals surface area contributed by atoms with Gasteiger partial charge in [-0.05, 0) is 69.4 Å². The Morgan fingerprint density at radius 1 is 1.14 bits per heavy atom. The number of carbonyl (C=O) groups excluding carboxylic acids is 2. The minimum absolute atomic E-state index is 0.0959. The number of imide groups is 1. The van der Waals surface area contributed by atoms with Gasteiger partial charge in [-0.1, -0.05) is 0 Å². The van der Waals surface area contributed by atoms with E-state index in [1.165, 1.54) is 16.2 Å². The van der Waals surface area contributed by atoms with Gasteiger partial charge in [-0.15, -0.1) is 11.3 Å². The molecule has 37 heavy (non-hydrogen) atoms. The zero-order chi connectivity index (χ0) is 25.7. The molecule has 5 heterocycles. The number of hydrogen-bond acceptors (Lipinski definition) is 7. The molecule has 0 saturated carbocycles. The molecule has 1 N–H and O–H groups in total. The number of hydrogen-bond donors (Lipinski definition) is 1. The second-order valence-corrected chi connectivity index (χ2v) is 12.2. The van der Waals surface area contributed by atoms with Crippen LogP contribution in [0.2, 0.25) is 0 Å². The first-order valence-electron chi connectivity index (χ1n) is 13.1. The lowest BCUT2D eigenvalue weighted by molar-refractivity contribution is -0.148. The maximum absolute atomic E-state index is 12.4. The van der Waals surface area contributed by atoms with Gasteiger partial charge in [0.15, 0.2) is 0 Å². The number of aromatic nitrogens is 1. The first-order valence-corrected chi connectivity index (χ1v) is 13.9. The predicted molar refractivity (Wildman–Crippen MR) is 145 cm³/mol. The molecule has 2 amide bonds. The number of nitriles is 1. The number of pyridine rings is 1. The van der Waals surface area contributed by atoms with Crippen molar-refractivity contribution in [3.63, 3.8) is 0 Å². The van der Waals surface area contributed by atoms with Gasteiger partial charge in [0.05, 0.1) is 28.4 Å². The van der Waals surface area contributed by atoms with Crippen molar-refractivity contribution in [3.05, 3.63) is 46.5 Å². The van der Waals surface area contributed by atoms with Gasteiger partial charge >= 0.3 is 0 Å². The number of anilines is 1. The van der Waals surface area contributed by atoms with Crippen molar-refractivity contribution in [2.75, 3.05) is 18.0 Å². The van der Waals surface area contributed by atoms with E-state index in [0.717, 1.165) is 58.6 Å². The van der Waals surface area contributed by atoms with Gasteiger partial charge < -0.3 is 10.2 Å². The largest absolute Gasteiger partial charge is 0.366 e. The van der Waals surface area contributed by atoms with Crippen LogP contribution in [0.1, 0.15) is 62.0 Å². The number of benzene rings is 1. The Hall–Kier alpha value is -3.28. The number of rotatable bonds is 4. The van der Waals surface area contributed by atoms with Gasteiger partial charge in [-0.3, -0.25) is 19.5 Å². The predicted octanol–water partition coefficient (Wildman–Crippen LogP) is 4.77. The lowest BCUT2D eigenvalue weighted by Crippen LogP contribution is -2.40. The van der Waals surface area contributed by atoms with Crippen LogP contribution in [-0.2, 0) is 22.6 Å². The maximum Gasteiger partial charge on any atom is 0.229 e. The molecule has 3 aromatic rings. The number of nitrogens with zero attached hydrogens (tertiary/aromatic N) is 4. The Balaban J connectivity index is 1.45. The van der Waals surface area contributed by atoms with Crippen molar-refractivity contribution in [2.24, 2.45) is 0 Å². The first kappa shape index (κ1) is 24.1. The molecule has 3 aliphatic heterocycles. The maximum atomic E-state index is 12.4. The van der Waals surface area contributed by atoms with Crippen LogP contribution in [0.4, 0.5) is 5.69 Å². The summed E-state index contributed by atoms with van der Waals surface area (Å²) in [5.41, 5.74) is 6.23. The highest BCUT2D eigenvalue weighted by atomic mass is 32.1. The van der Waals surface area contributed by atoms with E-state index >= 15 is 0 Å². The molecule has 6 rings (SSSR count). The Kier molecular flexibility index (Phi) is 6.01. The molecule has 8 heteroatoms. The summed E-state index contributed by atoms with van der Waals surface area (Å²) in [7, 11) is 0. The van der Waals surface area contributed by atoms with E-state index in [1.807, 2.05) is 24.4 Å². The van der Waals surface area contributed by atoms with E-state index in [2.05, 4.69) is 41.2 Å². The summed E-state index contributed by atoms with van der Waals surface area (Å²) in [4.78, 5) is 34.3. The molecular formula is C29H31N5O2S. The lowest BCUT2D eigenvalue weighted by atomic mass is 9.90. The molecule has 0 radical (unpaired) electrons. The minimum atomic E-state index is -0.0959. The Labute approximate surface area is 221 Å². The number of thiophene rings is 1. The third-order valence-electron chi connectivity index (χ3n) is 7.90. The van der Waals surface area contributed by atoms with Crippen LogP contribution in [0.3, 0.4) is 0 Å². The van der Waals surface area contributed by atoms with Crippen LogP contribution >= 0.6 is 11.3 Å². The van der Waals surface area contributed by atoms with E-state index in [9.17, 15) is 14.9 Å². The Morgan fingerprint density at radius 3 is 2.68 bits per heavy atom. The van der Waals surface area contributed by atoms with E-state index < -0.39 is 0 Å². The molecule has 7 nitrogen and oxygen atoms in total. The van der Waals surface area contributed by atoms with Gasteiger partial charge in [-0.25, -0.2) is 0 Å². The third kappa shape index (κ3) is 4.41. The van der Waals surface area contributed by atoms with Crippen LogP contribution in [0.15, 0.2) is 30.5 Å². The second kappa shape index (κ2) is 9.23. The van der Waals surface area contributed by atoms with Crippen LogP contribution in [0, 0.1) is 11.3 Å². The Morgan fingerprint density at radius 2 is 1.95 bits per heavy atom. The molecule has 2 aromatic heterocycles. The fourth-order valence-electron chi connectivity index (χ4n) is 6.17. The van der Waals surface area contributed by atoms with Crippen molar-refractivity contribution in [1.82, 2.24) is 15.2 Å². The minimum Gasteiger partial charge on any atom is -0.366 e. The highest BCUT2D eigenvalue weighted by Crippen LogP contribution is 2.44. The summed E-state index contributed by atoms with van der Waals surface area (Å²) in [6.45, 7) is 6.75. The normalized spacial score (nSPS) is 21.4. The SMILES string of the molecule is CC1(C)C[C@H](N2CCCc3cc(C#N)cc(-c4ccnc5cc(CN6C(=O)CCCC6=O)sc45)c32)CN1. The van der Waals surface area contributed by atoms with E-state index in [4.69, 9.17) is 0 Å². The molecule has 0 unspecified atom stereocenters. The molecule has 2 fully saturated rings. The fraction of sp³-hybridized carbons (Fsp3) is 0.448. The monoisotopic (exact) mass is 513 g/mol. The molecule has 1 atom stereocenters. The third-order valence-corrected chi connectivity index (χ3v) is 9.05. The summed E-state index contributed by atoms with van der Waals surface area (Å²) in [6.07, 6.45) is 6.41. The molecule has 0 aliphatic carbocycles. The summed E-state index contributed by atoms with van der Waals surface area (Å²) < 4.78 is 1.03. The first-order chi connectivity index (χ1) is 17.8. The van der Waals surface area contributed by atoms with Gasteiger partial charge in [0.1, 0.15) is 0 Å². The molecule has 3 aliphatic rings. The summed E-state index contributed by atoms with van der Waals surface area (Å²) >= 11 is 1.59. The highest BCUT2D eigenvalue weighted by Gasteiger charge is 2.37. The molecule has 190 valence electrons. The molecule has 1 aromatic carbocycles. The van der Waals surface area contributed by atoms with Crippen molar-refractivity contribution < 1.29 is 9.59 Å². The lowest BCUT2D eigenvalue weighted by Gasteiger charge is -2.38. The number of aryl methyl sites for hydroxylation is 1. The molecule has 0 spiro atoms. The van der Waals surface area contributed by atoms with Crippen LogP contribution in [0.25, 0.3) is 21.3 Å². The van der Waals surface area contributed by atoms with E-state index in [1.54, 1.807) is 11.3 Å². The average molecular weight is 514 g/mol. The van der Waals surface area contributed by atoms with Crippen molar-refractivity contribution in [2.45, 2.75) is 70.5 Å². The smallest absolute Gasteiger partial charge is 0.229 e. The summed E-state index contributed by atoms with van der Waals surface area (Å²) in [5.74, 6) is -0.192. The number of likely N-dealkylation sites (tertiary alicyclic amines) is 1. The number of piperidine rings is 1. The highest BCUT2D eigenvalue weighted by molar-refractivity contribution is 7.19. The van der Waals surface area contributed by atoms with Crippen molar-refractivity contribution in [3.8, 4) is 17.2 Å². The average Bonchev–Trinajstić information content (AvgIpc) is 3.47. The zero-order valence-corrected chi connectivity index (χ0v) is 22.2. The molecule has 2 saturated heterocycles. The fourth-order valence-corrected chi connectivity index (χ4v) is 7.30. The second-order valence-electron chi connectivity index (χ2n) is 11.1. The number of amides is 2. The summed E-state index contributed by atoms with van der Waals surface area (Å²) in [5, 5.41) is 13.5. The van der Waals surface area contributed by atoms with Crippen LogP contribution < -0.4 is 10.2 Å². The topological polar surface area (TPSA) is 89.3 Å². The standard InChI is InChI=1S/C29H31N5O2S/c1-29(2)14-20(16-32-29)33-10-4-5-19-11-18(15-30)12-23(27(19)33)22-8-9-31-24-13-21(37-28(22)24)17-34-25(35)6-3-7-26(34)36/h8-9,11-13,20,32H,3-7,10,14,16-17H2,1-2H3/t20-/m0/s1. The molecule has 0 bridgehead atoms. The number of nitrogens with one attached hydrogen (secondary N) is 1. The van der Waals surface area contributed by atoms with Gasteiger partial charge in [0, 0.05) is 65.4 Å². The van der Waals surface area contributed by atoms with E-state index in [-0.39, 0.29) is 17.4 Å². The number of fused-ring (bicyclic) bond motifs is 2. The quantitative estimate of drug-likeness (QED) is 0.506.